The summed E-state index contributed by atoms with van der Waals surface area (Å²) in [5, 5.41) is 3.36. The number of hydrogen-bond donors (Lipinski definition) is 1. The second kappa shape index (κ2) is 6.67. The van der Waals surface area contributed by atoms with Crippen LogP contribution in [-0.4, -0.2) is 6.61 Å². The van der Waals surface area contributed by atoms with Gasteiger partial charge in [0.2, 0.25) is 0 Å². The normalized spacial score (nSPS) is 10.2. The molecule has 0 aliphatic heterocycles. The Morgan fingerprint density at radius 2 is 2.11 bits per heavy atom. The van der Waals surface area contributed by atoms with Crippen molar-refractivity contribution in [3.8, 4) is 5.75 Å². The molecule has 0 radical (unpaired) electrons. The molecule has 0 saturated heterocycles. The van der Waals surface area contributed by atoms with E-state index in [0.29, 0.717) is 6.61 Å². The lowest BCUT2D eigenvalue weighted by Gasteiger charge is -2.10. The molecular weight excluding hydrogens is 226 g/mol. The number of para-hydroxylation sites is 1. The Morgan fingerprint density at radius 3 is 2.89 bits per heavy atom. The highest BCUT2D eigenvalue weighted by molar-refractivity contribution is 5.33. The van der Waals surface area contributed by atoms with Crippen molar-refractivity contribution in [2.75, 3.05) is 6.61 Å². The van der Waals surface area contributed by atoms with E-state index in [9.17, 15) is 0 Å². The highest BCUT2D eigenvalue weighted by atomic mass is 16.5. The minimum Gasteiger partial charge on any atom is -0.489 e. The molecule has 3 nitrogen and oxygen atoms in total. The first-order valence-electron chi connectivity index (χ1n) is 5.93. The van der Waals surface area contributed by atoms with E-state index >= 15 is 0 Å². The van der Waals surface area contributed by atoms with Gasteiger partial charge in [-0.15, -0.1) is 0 Å². The van der Waals surface area contributed by atoms with Gasteiger partial charge in [0, 0.05) is 24.2 Å². The first-order chi connectivity index (χ1) is 8.90. The molecule has 3 heteroatoms. The average molecular weight is 243 g/mol. The Balaban J connectivity index is 1.89. The van der Waals surface area contributed by atoms with Crippen molar-refractivity contribution in [2.24, 2.45) is 0 Å². The Labute approximate surface area is 107 Å². The van der Waals surface area contributed by atoms with Gasteiger partial charge in [0.05, 0.1) is 12.5 Å². The fourth-order valence-corrected chi connectivity index (χ4v) is 1.67. The molecule has 1 heterocycles. The third-order valence-corrected chi connectivity index (χ3v) is 2.55. The van der Waals surface area contributed by atoms with Crippen LogP contribution in [0.25, 0.3) is 0 Å². The van der Waals surface area contributed by atoms with Crippen molar-refractivity contribution in [1.29, 1.82) is 0 Å². The maximum Gasteiger partial charge on any atom is 0.124 e. The van der Waals surface area contributed by atoms with Crippen LogP contribution in [0.5, 0.6) is 5.75 Å². The number of nitrogens with one attached hydrogen (secondary N) is 1. The Kier molecular flexibility index (Phi) is 4.61. The van der Waals surface area contributed by atoms with Gasteiger partial charge in [-0.2, -0.15) is 0 Å². The van der Waals surface area contributed by atoms with Crippen LogP contribution in [0.4, 0.5) is 0 Å². The smallest absolute Gasteiger partial charge is 0.124 e. The molecular formula is C15H17NO2. The standard InChI is InChI=1S/C15H17NO2/c1-2-8-18-15-6-4-3-5-14(15)11-16-10-13-7-9-17-12-13/h2-7,9,12,16H,1,8,10-11H2. The fraction of sp³-hybridized carbons (Fsp3) is 0.200. The van der Waals surface area contributed by atoms with Gasteiger partial charge in [-0.3, -0.25) is 0 Å². The minimum atomic E-state index is 0.527. The average Bonchev–Trinajstić information content (AvgIpc) is 2.91. The second-order valence-corrected chi connectivity index (χ2v) is 3.94. The van der Waals surface area contributed by atoms with Crippen molar-refractivity contribution < 1.29 is 9.15 Å². The predicted octanol–water partition coefficient (Wildman–Crippen LogP) is 3.13. The summed E-state index contributed by atoms with van der Waals surface area (Å²) in [5.74, 6) is 0.900. The van der Waals surface area contributed by atoms with Gasteiger partial charge in [0.1, 0.15) is 12.4 Å². The molecule has 0 aliphatic rings. The zero-order valence-corrected chi connectivity index (χ0v) is 10.3. The summed E-state index contributed by atoms with van der Waals surface area (Å²) in [7, 11) is 0. The molecule has 1 N–H and O–H groups in total. The van der Waals surface area contributed by atoms with E-state index in [1.807, 2.05) is 24.3 Å². The summed E-state index contributed by atoms with van der Waals surface area (Å²) in [6.45, 7) is 5.72. The highest BCUT2D eigenvalue weighted by Crippen LogP contribution is 2.17. The number of rotatable bonds is 7. The number of furan rings is 1. The maximum atomic E-state index is 5.60. The van der Waals surface area contributed by atoms with Crippen molar-refractivity contribution in [2.45, 2.75) is 13.1 Å². The van der Waals surface area contributed by atoms with Crippen LogP contribution < -0.4 is 10.1 Å². The zero-order chi connectivity index (χ0) is 12.6. The quantitative estimate of drug-likeness (QED) is 0.759. The van der Waals surface area contributed by atoms with Gasteiger partial charge in [0.15, 0.2) is 0 Å². The van der Waals surface area contributed by atoms with Gasteiger partial charge in [-0.25, -0.2) is 0 Å². The number of hydrogen-bond acceptors (Lipinski definition) is 3. The second-order valence-electron chi connectivity index (χ2n) is 3.94. The van der Waals surface area contributed by atoms with Crippen LogP contribution in [-0.2, 0) is 13.1 Å². The van der Waals surface area contributed by atoms with Crippen LogP contribution >= 0.6 is 0 Å². The third-order valence-electron chi connectivity index (χ3n) is 2.55. The van der Waals surface area contributed by atoms with E-state index in [1.165, 1.54) is 0 Å². The van der Waals surface area contributed by atoms with E-state index in [-0.39, 0.29) is 0 Å². The third kappa shape index (κ3) is 3.50. The van der Waals surface area contributed by atoms with E-state index in [2.05, 4.69) is 18.0 Å². The van der Waals surface area contributed by atoms with Crippen LogP contribution in [0.2, 0.25) is 0 Å². The Morgan fingerprint density at radius 1 is 1.22 bits per heavy atom. The molecule has 0 amide bonds. The van der Waals surface area contributed by atoms with Crippen LogP contribution in [0.15, 0.2) is 59.9 Å². The van der Waals surface area contributed by atoms with Gasteiger partial charge >= 0.3 is 0 Å². The molecule has 0 fully saturated rings. The molecule has 1 aromatic heterocycles. The summed E-state index contributed by atoms with van der Waals surface area (Å²) in [5.41, 5.74) is 2.28. The van der Waals surface area contributed by atoms with Gasteiger partial charge in [-0.05, 0) is 12.1 Å². The van der Waals surface area contributed by atoms with E-state index in [4.69, 9.17) is 9.15 Å². The topological polar surface area (TPSA) is 34.4 Å². The predicted molar refractivity (Wildman–Crippen MR) is 71.4 cm³/mol. The first kappa shape index (κ1) is 12.5. The monoisotopic (exact) mass is 243 g/mol. The van der Waals surface area contributed by atoms with Gasteiger partial charge in [0.25, 0.3) is 0 Å². The molecule has 1 aromatic carbocycles. The largest absolute Gasteiger partial charge is 0.489 e. The molecule has 2 rings (SSSR count). The lowest BCUT2D eigenvalue weighted by atomic mass is 10.2. The molecule has 0 unspecified atom stereocenters. The van der Waals surface area contributed by atoms with Crippen LogP contribution in [0, 0.1) is 0 Å². The summed E-state index contributed by atoms with van der Waals surface area (Å²) in [4.78, 5) is 0. The lowest BCUT2D eigenvalue weighted by Crippen LogP contribution is -2.13. The lowest BCUT2D eigenvalue weighted by molar-refractivity contribution is 0.358. The summed E-state index contributed by atoms with van der Waals surface area (Å²) < 4.78 is 10.6. The summed E-state index contributed by atoms with van der Waals surface area (Å²) >= 11 is 0. The van der Waals surface area contributed by atoms with Crippen molar-refractivity contribution in [1.82, 2.24) is 5.32 Å². The maximum absolute atomic E-state index is 5.60. The molecule has 0 saturated carbocycles. The SMILES string of the molecule is C=CCOc1ccccc1CNCc1ccoc1. The molecule has 0 aliphatic carbocycles. The van der Waals surface area contributed by atoms with E-state index in [1.54, 1.807) is 18.6 Å². The molecule has 18 heavy (non-hydrogen) atoms. The molecule has 94 valence electrons. The van der Waals surface area contributed by atoms with Gasteiger partial charge < -0.3 is 14.5 Å². The van der Waals surface area contributed by atoms with Crippen LogP contribution in [0.1, 0.15) is 11.1 Å². The Hall–Kier alpha value is -2.00. The zero-order valence-electron chi connectivity index (χ0n) is 10.3. The molecule has 2 aromatic rings. The minimum absolute atomic E-state index is 0.527. The highest BCUT2D eigenvalue weighted by Gasteiger charge is 2.02. The van der Waals surface area contributed by atoms with Crippen molar-refractivity contribution in [3.63, 3.8) is 0 Å². The number of benzene rings is 1. The van der Waals surface area contributed by atoms with E-state index in [0.717, 1.165) is 30.0 Å². The number of ether oxygens (including phenoxy) is 1. The van der Waals surface area contributed by atoms with Crippen molar-refractivity contribution in [3.05, 3.63) is 66.6 Å². The Bertz CT molecular complexity index is 477. The molecule has 0 spiro atoms. The first-order valence-corrected chi connectivity index (χ1v) is 5.93. The summed E-state index contributed by atoms with van der Waals surface area (Å²) in [6, 6.07) is 9.96. The van der Waals surface area contributed by atoms with E-state index < -0.39 is 0 Å². The van der Waals surface area contributed by atoms with Gasteiger partial charge in [-0.1, -0.05) is 30.9 Å². The molecule has 0 bridgehead atoms. The molecule has 0 atom stereocenters. The van der Waals surface area contributed by atoms with Crippen molar-refractivity contribution >= 4 is 0 Å². The summed E-state index contributed by atoms with van der Waals surface area (Å²) in [6.07, 6.45) is 5.17. The van der Waals surface area contributed by atoms with Crippen LogP contribution in [0.3, 0.4) is 0 Å². The fourth-order valence-electron chi connectivity index (χ4n) is 1.67.